The van der Waals surface area contributed by atoms with E-state index >= 15 is 0 Å². The van der Waals surface area contributed by atoms with Crippen LogP contribution in [0.5, 0.6) is 11.5 Å². The number of rotatable bonds is 8. The molecular weight excluding hydrogens is 408 g/mol. The maximum absolute atomic E-state index is 12.1. The van der Waals surface area contributed by atoms with Gasteiger partial charge < -0.3 is 20.5 Å². The fraction of sp³-hybridized carbons (Fsp3) is 0.278. The van der Waals surface area contributed by atoms with Gasteiger partial charge in [-0.3, -0.25) is 4.79 Å². The minimum atomic E-state index is -0.152. The number of halogens is 2. The second kappa shape index (κ2) is 11.0. The molecule has 0 saturated heterocycles. The smallest absolute Gasteiger partial charge is 0.251 e. The second-order valence-corrected chi connectivity index (χ2v) is 6.09. The van der Waals surface area contributed by atoms with E-state index in [4.69, 9.17) is 15.2 Å². The average molecular weight is 430 g/mol. The predicted octanol–water partition coefficient (Wildman–Crippen LogP) is 3.54. The summed E-state index contributed by atoms with van der Waals surface area (Å²) in [7, 11) is 1.55. The normalized spacial score (nSPS) is 9.88. The van der Waals surface area contributed by atoms with Crippen LogP contribution in [0.15, 0.2) is 46.9 Å². The molecule has 0 radical (unpaired) electrons. The molecule has 5 nitrogen and oxygen atoms in total. The highest BCUT2D eigenvalue weighted by Gasteiger charge is 2.11. The highest BCUT2D eigenvalue weighted by molar-refractivity contribution is 9.10. The van der Waals surface area contributed by atoms with Crippen LogP contribution in [-0.2, 0) is 6.61 Å². The Morgan fingerprint density at radius 2 is 1.88 bits per heavy atom. The van der Waals surface area contributed by atoms with Crippen LogP contribution in [0, 0.1) is 0 Å². The van der Waals surface area contributed by atoms with Gasteiger partial charge in [0.2, 0.25) is 0 Å². The van der Waals surface area contributed by atoms with Crippen LogP contribution in [0.4, 0.5) is 0 Å². The van der Waals surface area contributed by atoms with E-state index in [1.54, 1.807) is 25.3 Å². The maximum atomic E-state index is 12.1. The van der Waals surface area contributed by atoms with Gasteiger partial charge in [-0.05, 0) is 48.9 Å². The summed E-state index contributed by atoms with van der Waals surface area (Å²) < 4.78 is 12.2. The molecule has 0 unspecified atom stereocenters. The van der Waals surface area contributed by atoms with Crippen molar-refractivity contribution in [3.63, 3.8) is 0 Å². The van der Waals surface area contributed by atoms with Crippen molar-refractivity contribution < 1.29 is 14.3 Å². The number of amides is 1. The van der Waals surface area contributed by atoms with Crippen LogP contribution < -0.4 is 20.5 Å². The number of nitrogens with two attached hydrogens (primary N) is 1. The maximum Gasteiger partial charge on any atom is 0.251 e. The summed E-state index contributed by atoms with van der Waals surface area (Å²) in [6.45, 7) is 1.53. The predicted molar refractivity (Wildman–Crippen MR) is 105 cm³/mol. The average Bonchev–Trinajstić information content (AvgIpc) is 2.61. The number of nitrogens with one attached hydrogen (secondary N) is 1. The van der Waals surface area contributed by atoms with Crippen LogP contribution in [-0.4, -0.2) is 26.1 Å². The first-order valence-corrected chi connectivity index (χ1v) is 8.47. The second-order valence-electron chi connectivity index (χ2n) is 5.18. The Bertz CT molecular complexity index is 681. The van der Waals surface area contributed by atoms with Gasteiger partial charge in [-0.25, -0.2) is 0 Å². The zero-order valence-corrected chi connectivity index (χ0v) is 16.4. The van der Waals surface area contributed by atoms with E-state index in [0.29, 0.717) is 36.8 Å². The van der Waals surface area contributed by atoms with Crippen molar-refractivity contribution in [2.75, 3.05) is 20.2 Å². The molecule has 0 bridgehead atoms. The number of carbonyl (C=O) groups is 1. The van der Waals surface area contributed by atoms with E-state index < -0.39 is 0 Å². The topological polar surface area (TPSA) is 73.6 Å². The van der Waals surface area contributed by atoms with Crippen molar-refractivity contribution in [1.29, 1.82) is 0 Å². The zero-order valence-electron chi connectivity index (χ0n) is 14.0. The molecule has 0 aliphatic heterocycles. The lowest BCUT2D eigenvalue weighted by Gasteiger charge is -2.12. The molecule has 136 valence electrons. The molecule has 7 heteroatoms. The van der Waals surface area contributed by atoms with Crippen LogP contribution >= 0.6 is 28.3 Å². The van der Waals surface area contributed by atoms with E-state index in [1.807, 2.05) is 24.3 Å². The minimum absolute atomic E-state index is 0. The van der Waals surface area contributed by atoms with E-state index in [1.165, 1.54) is 0 Å². The van der Waals surface area contributed by atoms with E-state index in [9.17, 15) is 4.79 Å². The van der Waals surface area contributed by atoms with E-state index in [-0.39, 0.29) is 18.3 Å². The summed E-state index contributed by atoms with van der Waals surface area (Å²) in [5.41, 5.74) is 6.99. The number of benzene rings is 2. The van der Waals surface area contributed by atoms with Gasteiger partial charge in [0.25, 0.3) is 5.91 Å². The molecule has 2 aromatic rings. The van der Waals surface area contributed by atoms with Gasteiger partial charge in [-0.2, -0.15) is 0 Å². The summed E-state index contributed by atoms with van der Waals surface area (Å²) in [5, 5.41) is 2.81. The summed E-state index contributed by atoms with van der Waals surface area (Å²) in [6, 6.07) is 13.0. The van der Waals surface area contributed by atoms with Crippen molar-refractivity contribution in [2.24, 2.45) is 5.73 Å². The number of hydrogen-bond acceptors (Lipinski definition) is 4. The Labute approximate surface area is 162 Å². The van der Waals surface area contributed by atoms with Crippen LogP contribution in [0.3, 0.4) is 0 Å². The quantitative estimate of drug-likeness (QED) is 0.630. The van der Waals surface area contributed by atoms with Crippen molar-refractivity contribution in [2.45, 2.75) is 13.0 Å². The Morgan fingerprint density at radius 3 is 2.52 bits per heavy atom. The number of methoxy groups -OCH3 is 1. The molecular formula is C18H22BrClN2O3. The van der Waals surface area contributed by atoms with Crippen molar-refractivity contribution in [3.05, 3.63) is 58.1 Å². The lowest BCUT2D eigenvalue weighted by molar-refractivity contribution is 0.0953. The lowest BCUT2D eigenvalue weighted by atomic mass is 10.2. The number of ether oxygens (including phenoxy) is 2. The van der Waals surface area contributed by atoms with Gasteiger partial charge in [0.1, 0.15) is 6.61 Å². The zero-order chi connectivity index (χ0) is 17.4. The third-order valence-corrected chi connectivity index (χ3v) is 3.93. The van der Waals surface area contributed by atoms with Gasteiger partial charge in [0.05, 0.1) is 7.11 Å². The highest BCUT2D eigenvalue weighted by atomic mass is 79.9. The fourth-order valence-electron chi connectivity index (χ4n) is 2.08. The van der Waals surface area contributed by atoms with Gasteiger partial charge in [0.15, 0.2) is 11.5 Å². The first-order valence-electron chi connectivity index (χ1n) is 7.67. The molecule has 0 fully saturated rings. The first-order chi connectivity index (χ1) is 11.6. The molecule has 1 amide bonds. The SMILES string of the molecule is COc1cc(C(=O)NCCCN)ccc1OCc1ccc(Br)cc1.Cl. The molecule has 0 atom stereocenters. The Morgan fingerprint density at radius 1 is 1.16 bits per heavy atom. The summed E-state index contributed by atoms with van der Waals surface area (Å²) in [4.78, 5) is 12.1. The molecule has 0 aromatic heterocycles. The third-order valence-electron chi connectivity index (χ3n) is 3.40. The summed E-state index contributed by atoms with van der Waals surface area (Å²) >= 11 is 3.40. The Kier molecular flexibility index (Phi) is 9.34. The molecule has 0 aliphatic carbocycles. The van der Waals surface area contributed by atoms with Gasteiger partial charge >= 0.3 is 0 Å². The summed E-state index contributed by atoms with van der Waals surface area (Å²) in [5.74, 6) is 0.971. The first kappa shape index (κ1) is 21.3. The number of carbonyl (C=O) groups excluding carboxylic acids is 1. The lowest BCUT2D eigenvalue weighted by Crippen LogP contribution is -2.25. The van der Waals surface area contributed by atoms with Gasteiger partial charge in [0, 0.05) is 16.6 Å². The molecule has 2 aromatic carbocycles. The molecule has 2 rings (SSSR count). The largest absolute Gasteiger partial charge is 0.493 e. The van der Waals surface area contributed by atoms with Crippen LogP contribution in [0.2, 0.25) is 0 Å². The molecule has 25 heavy (non-hydrogen) atoms. The summed E-state index contributed by atoms with van der Waals surface area (Å²) in [6.07, 6.45) is 0.747. The number of hydrogen-bond donors (Lipinski definition) is 2. The van der Waals surface area contributed by atoms with Crippen molar-refractivity contribution in [1.82, 2.24) is 5.32 Å². The molecule has 0 saturated carbocycles. The highest BCUT2D eigenvalue weighted by Crippen LogP contribution is 2.29. The Hall–Kier alpha value is -1.76. The van der Waals surface area contributed by atoms with Crippen molar-refractivity contribution in [3.8, 4) is 11.5 Å². The third kappa shape index (κ3) is 6.57. The monoisotopic (exact) mass is 428 g/mol. The van der Waals surface area contributed by atoms with Crippen molar-refractivity contribution >= 4 is 34.2 Å². The molecule has 0 aliphatic rings. The molecule has 0 spiro atoms. The van der Waals surface area contributed by atoms with Gasteiger partial charge in [-0.15, -0.1) is 12.4 Å². The van der Waals surface area contributed by atoms with E-state index in [2.05, 4.69) is 21.2 Å². The fourth-order valence-corrected chi connectivity index (χ4v) is 2.34. The van der Waals surface area contributed by atoms with Crippen LogP contribution in [0.25, 0.3) is 0 Å². The molecule has 0 heterocycles. The van der Waals surface area contributed by atoms with Gasteiger partial charge in [-0.1, -0.05) is 28.1 Å². The van der Waals surface area contributed by atoms with E-state index in [0.717, 1.165) is 16.5 Å². The molecule has 3 N–H and O–H groups in total. The van der Waals surface area contributed by atoms with Crippen LogP contribution in [0.1, 0.15) is 22.3 Å². The standard InChI is InChI=1S/C18H21BrN2O3.ClH/c1-23-17-11-14(18(22)21-10-2-9-20)5-8-16(17)24-12-13-3-6-15(19)7-4-13;/h3-8,11H,2,9-10,12,20H2,1H3,(H,21,22);1H. The minimum Gasteiger partial charge on any atom is -0.493 e. The Balaban J connectivity index is 0.00000312.